The van der Waals surface area contributed by atoms with E-state index in [1.165, 1.54) is 0 Å². The molecular formula is C14H27N3O2. The molecule has 0 aromatic heterocycles. The molecule has 19 heavy (non-hydrogen) atoms. The second kappa shape index (κ2) is 4.72. The number of fused-ring (bicyclic) bond motifs is 1. The summed E-state index contributed by atoms with van der Waals surface area (Å²) in [5, 5.41) is 3.01. The Morgan fingerprint density at radius 3 is 2.74 bits per heavy atom. The lowest BCUT2D eigenvalue weighted by Gasteiger charge is -2.60. The van der Waals surface area contributed by atoms with E-state index in [-0.39, 0.29) is 23.3 Å². The van der Waals surface area contributed by atoms with Gasteiger partial charge in [0.1, 0.15) is 5.54 Å². The van der Waals surface area contributed by atoms with Crippen LogP contribution in [0.2, 0.25) is 0 Å². The molecule has 3 N–H and O–H groups in total. The number of rotatable bonds is 4. The minimum absolute atomic E-state index is 0.0297. The lowest BCUT2D eigenvalue weighted by molar-refractivity contribution is -0.175. The maximum Gasteiger partial charge on any atom is 0.241 e. The monoisotopic (exact) mass is 269 g/mol. The maximum absolute atomic E-state index is 12.5. The molecule has 5 nitrogen and oxygen atoms in total. The van der Waals surface area contributed by atoms with Crippen LogP contribution in [0.25, 0.3) is 0 Å². The van der Waals surface area contributed by atoms with Gasteiger partial charge in [-0.15, -0.1) is 0 Å². The Hall–Kier alpha value is -0.650. The summed E-state index contributed by atoms with van der Waals surface area (Å²) in [6.07, 6.45) is 1.02. The molecule has 1 saturated carbocycles. The summed E-state index contributed by atoms with van der Waals surface area (Å²) >= 11 is 0. The molecule has 5 heteroatoms. The fourth-order valence-corrected chi connectivity index (χ4v) is 3.41. The maximum atomic E-state index is 12.5. The number of nitrogens with one attached hydrogen (secondary N) is 1. The third-order valence-electron chi connectivity index (χ3n) is 5.27. The Morgan fingerprint density at radius 1 is 1.53 bits per heavy atom. The van der Waals surface area contributed by atoms with Crippen molar-refractivity contribution in [3.8, 4) is 0 Å². The summed E-state index contributed by atoms with van der Waals surface area (Å²) in [7, 11) is 4.01. The highest BCUT2D eigenvalue weighted by Crippen LogP contribution is 2.58. The normalized spacial score (nSPS) is 37.6. The predicted molar refractivity (Wildman–Crippen MR) is 74.7 cm³/mol. The van der Waals surface area contributed by atoms with Crippen molar-refractivity contribution in [1.82, 2.24) is 10.2 Å². The summed E-state index contributed by atoms with van der Waals surface area (Å²) in [5.74, 6) is 0.134. The van der Waals surface area contributed by atoms with Crippen LogP contribution in [0.3, 0.4) is 0 Å². The number of carbonyl (C=O) groups excluding carboxylic acids is 1. The predicted octanol–water partition coefficient (Wildman–Crippen LogP) is 0.195. The number of ether oxygens (including phenoxy) is 1. The topological polar surface area (TPSA) is 67.6 Å². The Bertz CT molecular complexity index is 370. The van der Waals surface area contributed by atoms with Gasteiger partial charge in [0.05, 0.1) is 6.10 Å². The van der Waals surface area contributed by atoms with E-state index in [0.717, 1.165) is 13.0 Å². The molecule has 2 rings (SSSR count). The van der Waals surface area contributed by atoms with Crippen LogP contribution in [-0.2, 0) is 9.53 Å². The van der Waals surface area contributed by atoms with Gasteiger partial charge in [-0.1, -0.05) is 13.8 Å². The highest BCUT2D eigenvalue weighted by Gasteiger charge is 2.71. The van der Waals surface area contributed by atoms with Gasteiger partial charge in [-0.25, -0.2) is 0 Å². The molecule has 0 aromatic rings. The van der Waals surface area contributed by atoms with Gasteiger partial charge >= 0.3 is 0 Å². The fourth-order valence-electron chi connectivity index (χ4n) is 3.41. The first-order valence-corrected chi connectivity index (χ1v) is 7.08. The SMILES string of the molecule is CC(CNC(=O)C1(N)C2CCOC2C1(C)C)N(C)C. The van der Waals surface area contributed by atoms with E-state index in [9.17, 15) is 4.79 Å². The van der Waals surface area contributed by atoms with E-state index in [0.29, 0.717) is 12.6 Å². The standard InChI is InChI=1S/C14H27N3O2/c1-9(17(4)5)8-16-12(18)14(15)10-6-7-19-11(10)13(14,2)3/h9-11H,6-8,15H2,1-5H3,(H,16,18). The highest BCUT2D eigenvalue weighted by molar-refractivity contribution is 5.89. The number of carbonyl (C=O) groups is 1. The Balaban J connectivity index is 2.02. The number of hydrogen-bond acceptors (Lipinski definition) is 4. The summed E-state index contributed by atoms with van der Waals surface area (Å²) < 4.78 is 5.71. The van der Waals surface area contributed by atoms with Crippen LogP contribution < -0.4 is 11.1 Å². The van der Waals surface area contributed by atoms with Crippen LogP contribution in [0.5, 0.6) is 0 Å². The van der Waals surface area contributed by atoms with Gasteiger partial charge < -0.3 is 20.7 Å². The van der Waals surface area contributed by atoms with E-state index in [2.05, 4.69) is 17.1 Å². The van der Waals surface area contributed by atoms with Crippen LogP contribution in [0.15, 0.2) is 0 Å². The quantitative estimate of drug-likeness (QED) is 0.765. The third kappa shape index (κ3) is 1.99. The van der Waals surface area contributed by atoms with Crippen molar-refractivity contribution in [2.45, 2.75) is 44.9 Å². The minimum Gasteiger partial charge on any atom is -0.377 e. The molecule has 1 amide bonds. The number of likely N-dealkylation sites (N-methyl/N-ethyl adjacent to an activating group) is 1. The Morgan fingerprint density at radius 2 is 2.16 bits per heavy atom. The molecule has 110 valence electrons. The van der Waals surface area contributed by atoms with Gasteiger partial charge in [-0.2, -0.15) is 0 Å². The Kier molecular flexibility index (Phi) is 3.66. The molecule has 1 heterocycles. The van der Waals surface area contributed by atoms with Crippen LogP contribution in [0, 0.1) is 11.3 Å². The first kappa shape index (κ1) is 14.8. The van der Waals surface area contributed by atoms with Crippen LogP contribution in [0.1, 0.15) is 27.2 Å². The van der Waals surface area contributed by atoms with Crippen LogP contribution >= 0.6 is 0 Å². The summed E-state index contributed by atoms with van der Waals surface area (Å²) in [6, 6.07) is 0.298. The van der Waals surface area contributed by atoms with E-state index in [1.54, 1.807) is 0 Å². The van der Waals surface area contributed by atoms with Crippen molar-refractivity contribution in [3.63, 3.8) is 0 Å². The first-order valence-electron chi connectivity index (χ1n) is 7.08. The lowest BCUT2D eigenvalue weighted by Crippen LogP contribution is -2.80. The zero-order valence-corrected chi connectivity index (χ0v) is 12.7. The summed E-state index contributed by atoms with van der Waals surface area (Å²) in [5.41, 5.74) is 5.38. The van der Waals surface area contributed by atoms with Gasteiger partial charge in [-0.05, 0) is 27.4 Å². The molecule has 1 aliphatic carbocycles. The molecule has 0 radical (unpaired) electrons. The smallest absolute Gasteiger partial charge is 0.241 e. The molecule has 2 fully saturated rings. The summed E-state index contributed by atoms with van der Waals surface area (Å²) in [4.78, 5) is 14.6. The minimum atomic E-state index is -0.791. The van der Waals surface area contributed by atoms with Crippen molar-refractivity contribution < 1.29 is 9.53 Å². The van der Waals surface area contributed by atoms with Crippen molar-refractivity contribution in [1.29, 1.82) is 0 Å². The Labute approximate surface area is 115 Å². The van der Waals surface area contributed by atoms with Crippen molar-refractivity contribution in [3.05, 3.63) is 0 Å². The van der Waals surface area contributed by atoms with Gasteiger partial charge in [0, 0.05) is 30.5 Å². The van der Waals surface area contributed by atoms with Gasteiger partial charge in [0.25, 0.3) is 0 Å². The molecule has 1 aliphatic heterocycles. The second-order valence-electron chi connectivity index (χ2n) is 6.80. The van der Waals surface area contributed by atoms with Gasteiger partial charge in [0.2, 0.25) is 5.91 Å². The van der Waals surface area contributed by atoms with Gasteiger partial charge in [-0.3, -0.25) is 4.79 Å². The second-order valence-corrected chi connectivity index (χ2v) is 6.80. The molecule has 4 unspecified atom stereocenters. The van der Waals surface area contributed by atoms with Gasteiger partial charge in [0.15, 0.2) is 0 Å². The average Bonchev–Trinajstić information content (AvgIpc) is 2.82. The van der Waals surface area contributed by atoms with E-state index >= 15 is 0 Å². The number of nitrogens with zero attached hydrogens (tertiary/aromatic N) is 1. The molecule has 1 saturated heterocycles. The zero-order valence-electron chi connectivity index (χ0n) is 12.7. The largest absolute Gasteiger partial charge is 0.377 e. The summed E-state index contributed by atoms with van der Waals surface area (Å²) in [6.45, 7) is 7.50. The number of hydrogen-bond donors (Lipinski definition) is 2. The zero-order chi connectivity index (χ0) is 14.4. The number of amides is 1. The van der Waals surface area contributed by atoms with Crippen LogP contribution in [0.4, 0.5) is 0 Å². The first-order chi connectivity index (χ1) is 8.73. The van der Waals surface area contributed by atoms with Crippen molar-refractivity contribution >= 4 is 5.91 Å². The van der Waals surface area contributed by atoms with E-state index in [4.69, 9.17) is 10.5 Å². The van der Waals surface area contributed by atoms with E-state index in [1.807, 2.05) is 27.9 Å². The van der Waals surface area contributed by atoms with Crippen LogP contribution in [-0.4, -0.2) is 55.7 Å². The van der Waals surface area contributed by atoms with E-state index < -0.39 is 5.54 Å². The molecule has 0 spiro atoms. The van der Waals surface area contributed by atoms with Crippen molar-refractivity contribution in [2.75, 3.05) is 27.2 Å². The lowest BCUT2D eigenvalue weighted by atomic mass is 9.48. The molecule has 0 aromatic carbocycles. The molecule has 0 bridgehead atoms. The molecular weight excluding hydrogens is 242 g/mol. The molecule has 2 aliphatic rings. The average molecular weight is 269 g/mol. The molecule has 4 atom stereocenters. The van der Waals surface area contributed by atoms with Crippen molar-refractivity contribution in [2.24, 2.45) is 17.1 Å². The third-order valence-corrected chi connectivity index (χ3v) is 5.27. The number of nitrogens with two attached hydrogens (primary N) is 1. The highest BCUT2D eigenvalue weighted by atomic mass is 16.5. The fraction of sp³-hybridized carbons (Fsp3) is 0.929.